The molecule has 0 heterocycles. The summed E-state index contributed by atoms with van der Waals surface area (Å²) in [7, 11) is 0. The van der Waals surface area contributed by atoms with E-state index in [-0.39, 0.29) is 10.9 Å². The maximum atomic E-state index is 12.4. The van der Waals surface area contributed by atoms with Crippen LogP contribution in [0.5, 0.6) is 0 Å². The minimum absolute atomic E-state index is 0.211. The summed E-state index contributed by atoms with van der Waals surface area (Å²) < 4.78 is 0. The van der Waals surface area contributed by atoms with E-state index in [0.29, 0.717) is 21.8 Å². The lowest BCUT2D eigenvalue weighted by atomic mass is 10.0. The van der Waals surface area contributed by atoms with Crippen LogP contribution in [0.4, 0.5) is 5.69 Å². The minimum Gasteiger partial charge on any atom is -0.389 e. The Morgan fingerprint density at radius 3 is 2.43 bits per heavy atom. The first-order valence-corrected chi connectivity index (χ1v) is 7.15. The van der Waals surface area contributed by atoms with Gasteiger partial charge in [0.05, 0.1) is 5.69 Å². The number of nitrogens with two attached hydrogens (primary N) is 1. The van der Waals surface area contributed by atoms with Crippen molar-refractivity contribution >= 4 is 40.4 Å². The fourth-order valence-corrected chi connectivity index (χ4v) is 2.44. The number of benzene rings is 2. The van der Waals surface area contributed by atoms with Gasteiger partial charge in [-0.15, -0.1) is 0 Å². The van der Waals surface area contributed by atoms with Crippen LogP contribution in [0.2, 0.25) is 5.02 Å². The van der Waals surface area contributed by atoms with Crippen molar-refractivity contribution in [2.75, 3.05) is 5.32 Å². The lowest BCUT2D eigenvalue weighted by Gasteiger charge is -2.12. The lowest BCUT2D eigenvalue weighted by molar-refractivity contribution is 0.102. The number of thiocarbonyl (C=S) groups is 1. The molecule has 0 bridgehead atoms. The van der Waals surface area contributed by atoms with Crippen molar-refractivity contribution in [3.63, 3.8) is 0 Å². The highest BCUT2D eigenvalue weighted by Crippen LogP contribution is 2.22. The van der Waals surface area contributed by atoms with Gasteiger partial charge in [-0.1, -0.05) is 41.5 Å². The minimum atomic E-state index is -0.215. The number of halogens is 1. The van der Waals surface area contributed by atoms with E-state index in [1.54, 1.807) is 24.3 Å². The number of anilines is 1. The number of hydrogen-bond donors (Lipinski definition) is 2. The van der Waals surface area contributed by atoms with Gasteiger partial charge in [-0.2, -0.15) is 0 Å². The molecule has 0 saturated heterocycles. The predicted octanol–water partition coefficient (Wildman–Crippen LogP) is 3.84. The Labute approximate surface area is 134 Å². The van der Waals surface area contributed by atoms with Crippen molar-refractivity contribution in [3.05, 3.63) is 63.7 Å². The second-order valence-corrected chi connectivity index (χ2v) is 5.70. The van der Waals surface area contributed by atoms with Crippen LogP contribution in [0, 0.1) is 13.8 Å². The van der Waals surface area contributed by atoms with Crippen molar-refractivity contribution in [3.8, 4) is 0 Å². The summed E-state index contributed by atoms with van der Waals surface area (Å²) in [5.74, 6) is -0.215. The van der Waals surface area contributed by atoms with Crippen LogP contribution in [0.1, 0.15) is 27.0 Å². The number of amides is 1. The fraction of sp³-hybridized carbons (Fsp3) is 0.125. The Morgan fingerprint density at radius 1 is 1.14 bits per heavy atom. The highest BCUT2D eigenvalue weighted by Gasteiger charge is 2.13. The molecule has 0 fully saturated rings. The number of rotatable bonds is 3. The van der Waals surface area contributed by atoms with Crippen LogP contribution in [0.3, 0.4) is 0 Å². The molecule has 0 radical (unpaired) electrons. The van der Waals surface area contributed by atoms with Crippen LogP contribution >= 0.6 is 23.8 Å². The Balaban J connectivity index is 2.35. The third-order valence-electron chi connectivity index (χ3n) is 3.12. The normalized spacial score (nSPS) is 10.2. The van der Waals surface area contributed by atoms with Gasteiger partial charge in [0.2, 0.25) is 0 Å². The van der Waals surface area contributed by atoms with E-state index in [1.807, 2.05) is 26.0 Å². The maximum absolute atomic E-state index is 12.4. The molecule has 2 rings (SSSR count). The molecular weight excluding hydrogens is 304 g/mol. The molecule has 0 spiro atoms. The summed E-state index contributed by atoms with van der Waals surface area (Å²) in [6.45, 7) is 3.88. The molecule has 0 aliphatic rings. The summed E-state index contributed by atoms with van der Waals surface area (Å²) in [6, 6.07) is 10.7. The molecule has 0 atom stereocenters. The topological polar surface area (TPSA) is 55.1 Å². The highest BCUT2D eigenvalue weighted by atomic mass is 35.5. The van der Waals surface area contributed by atoms with Crippen molar-refractivity contribution in [1.29, 1.82) is 0 Å². The molecule has 0 aliphatic heterocycles. The molecule has 3 N–H and O–H groups in total. The van der Waals surface area contributed by atoms with Crippen LogP contribution in [-0.2, 0) is 0 Å². The Hall–Kier alpha value is -1.91. The van der Waals surface area contributed by atoms with E-state index in [0.717, 1.165) is 11.1 Å². The standard InChI is InChI=1S/C16H15ClN2OS/c1-9-3-5-12(10(2)7-9)16(20)19-14-8-11(17)4-6-13(14)15(18)21/h3-8H,1-2H3,(H2,18,21)(H,19,20). The zero-order valence-electron chi connectivity index (χ0n) is 11.7. The van der Waals surface area contributed by atoms with Crippen LogP contribution in [-0.4, -0.2) is 10.9 Å². The molecule has 2 aromatic carbocycles. The molecule has 2 aromatic rings. The van der Waals surface area contributed by atoms with Crippen molar-refractivity contribution < 1.29 is 4.79 Å². The summed E-state index contributed by atoms with van der Waals surface area (Å²) in [6.07, 6.45) is 0. The predicted molar refractivity (Wildman–Crippen MR) is 91.2 cm³/mol. The summed E-state index contributed by atoms with van der Waals surface area (Å²) >= 11 is 11.0. The monoisotopic (exact) mass is 318 g/mol. The highest BCUT2D eigenvalue weighted by molar-refractivity contribution is 7.80. The van der Waals surface area contributed by atoms with E-state index in [2.05, 4.69) is 5.32 Å². The van der Waals surface area contributed by atoms with Gasteiger partial charge >= 0.3 is 0 Å². The van der Waals surface area contributed by atoms with E-state index in [4.69, 9.17) is 29.6 Å². The maximum Gasteiger partial charge on any atom is 0.255 e. The Bertz CT molecular complexity index is 728. The number of nitrogens with one attached hydrogen (secondary N) is 1. The molecule has 1 amide bonds. The lowest BCUT2D eigenvalue weighted by Crippen LogP contribution is -2.18. The van der Waals surface area contributed by atoms with Gasteiger partial charge < -0.3 is 11.1 Å². The third kappa shape index (κ3) is 3.60. The summed E-state index contributed by atoms with van der Waals surface area (Å²) in [5.41, 5.74) is 9.39. The van der Waals surface area contributed by atoms with Crippen LogP contribution < -0.4 is 11.1 Å². The van der Waals surface area contributed by atoms with Crippen LogP contribution in [0.15, 0.2) is 36.4 Å². The number of hydrogen-bond acceptors (Lipinski definition) is 2. The fourth-order valence-electron chi connectivity index (χ4n) is 2.09. The van der Waals surface area contributed by atoms with Gasteiger partial charge in [0.15, 0.2) is 0 Å². The Kier molecular flexibility index (Phi) is 4.60. The van der Waals surface area contributed by atoms with Gasteiger partial charge in [-0.05, 0) is 43.7 Å². The average molecular weight is 319 g/mol. The molecule has 21 heavy (non-hydrogen) atoms. The zero-order valence-corrected chi connectivity index (χ0v) is 13.3. The molecule has 0 aromatic heterocycles. The molecule has 0 saturated carbocycles. The molecule has 0 aliphatic carbocycles. The second kappa shape index (κ2) is 6.24. The van der Waals surface area contributed by atoms with Gasteiger partial charge in [0.25, 0.3) is 5.91 Å². The first-order valence-electron chi connectivity index (χ1n) is 6.36. The van der Waals surface area contributed by atoms with Gasteiger partial charge in [0, 0.05) is 16.1 Å². The van der Waals surface area contributed by atoms with E-state index >= 15 is 0 Å². The van der Waals surface area contributed by atoms with Gasteiger partial charge in [0.1, 0.15) is 4.99 Å². The van der Waals surface area contributed by atoms with Crippen molar-refractivity contribution in [1.82, 2.24) is 0 Å². The van der Waals surface area contributed by atoms with Gasteiger partial charge in [-0.25, -0.2) is 0 Å². The number of aryl methyl sites for hydroxylation is 2. The molecule has 108 valence electrons. The number of carbonyl (C=O) groups excluding carboxylic acids is 1. The van der Waals surface area contributed by atoms with E-state index < -0.39 is 0 Å². The first-order chi connectivity index (χ1) is 9.88. The average Bonchev–Trinajstić information content (AvgIpc) is 2.37. The molecule has 5 heteroatoms. The van der Waals surface area contributed by atoms with E-state index in [9.17, 15) is 4.79 Å². The Morgan fingerprint density at radius 2 is 1.81 bits per heavy atom. The molecule has 0 unspecified atom stereocenters. The molecular formula is C16H15ClN2OS. The SMILES string of the molecule is Cc1ccc(C(=O)Nc2cc(Cl)ccc2C(N)=S)c(C)c1. The summed E-state index contributed by atoms with van der Waals surface area (Å²) in [4.78, 5) is 12.6. The third-order valence-corrected chi connectivity index (χ3v) is 3.58. The first kappa shape index (κ1) is 15.5. The molecule has 3 nitrogen and oxygen atoms in total. The smallest absolute Gasteiger partial charge is 0.255 e. The van der Waals surface area contributed by atoms with Crippen LogP contribution in [0.25, 0.3) is 0 Å². The largest absolute Gasteiger partial charge is 0.389 e. The van der Waals surface area contributed by atoms with Crippen molar-refractivity contribution in [2.45, 2.75) is 13.8 Å². The summed E-state index contributed by atoms with van der Waals surface area (Å²) in [5, 5.41) is 3.32. The second-order valence-electron chi connectivity index (χ2n) is 4.83. The van der Waals surface area contributed by atoms with E-state index in [1.165, 1.54) is 0 Å². The van der Waals surface area contributed by atoms with Gasteiger partial charge in [-0.3, -0.25) is 4.79 Å². The van der Waals surface area contributed by atoms with Crippen molar-refractivity contribution in [2.24, 2.45) is 5.73 Å². The number of carbonyl (C=O) groups is 1. The zero-order chi connectivity index (χ0) is 15.6. The quantitative estimate of drug-likeness (QED) is 0.845.